The van der Waals surface area contributed by atoms with Gasteiger partial charge < -0.3 is 10.1 Å². The van der Waals surface area contributed by atoms with E-state index in [-0.39, 0.29) is 17.2 Å². The molecule has 7 heteroatoms. The van der Waals surface area contributed by atoms with E-state index in [2.05, 4.69) is 5.32 Å². The van der Waals surface area contributed by atoms with Crippen molar-refractivity contribution in [2.75, 3.05) is 5.32 Å². The monoisotopic (exact) mass is 370 g/mol. The standard InChI is InChI=1S/C20H22N2O5/c1-12(2)17-7-5-6-13(3)18(17)21-19(23)14(4)27-20(24)15-8-10-16(11-9-15)22(25)26/h5-12,14H,1-4H3,(H,21,23)/t14-/m0/s1. The van der Waals surface area contributed by atoms with Gasteiger partial charge in [0.15, 0.2) is 6.10 Å². The van der Waals surface area contributed by atoms with Gasteiger partial charge in [0, 0.05) is 17.8 Å². The first-order valence-corrected chi connectivity index (χ1v) is 8.56. The highest BCUT2D eigenvalue weighted by Gasteiger charge is 2.21. The van der Waals surface area contributed by atoms with E-state index in [1.54, 1.807) is 0 Å². The Labute approximate surface area is 157 Å². The second-order valence-corrected chi connectivity index (χ2v) is 6.53. The van der Waals surface area contributed by atoms with Gasteiger partial charge in [-0.2, -0.15) is 0 Å². The van der Waals surface area contributed by atoms with Crippen LogP contribution in [-0.2, 0) is 9.53 Å². The van der Waals surface area contributed by atoms with Crippen LogP contribution in [-0.4, -0.2) is 22.9 Å². The van der Waals surface area contributed by atoms with Crippen molar-refractivity contribution in [1.82, 2.24) is 0 Å². The van der Waals surface area contributed by atoms with Crippen molar-refractivity contribution in [3.8, 4) is 0 Å². The fraction of sp³-hybridized carbons (Fsp3) is 0.300. The maximum Gasteiger partial charge on any atom is 0.338 e. The van der Waals surface area contributed by atoms with Crippen LogP contribution < -0.4 is 5.32 Å². The lowest BCUT2D eigenvalue weighted by atomic mass is 9.98. The number of nitro benzene ring substituents is 1. The lowest BCUT2D eigenvalue weighted by Gasteiger charge is -2.19. The van der Waals surface area contributed by atoms with Gasteiger partial charge in [-0.3, -0.25) is 14.9 Å². The van der Waals surface area contributed by atoms with Crippen LogP contribution in [0.4, 0.5) is 11.4 Å². The van der Waals surface area contributed by atoms with Crippen LogP contribution in [0.25, 0.3) is 0 Å². The fourth-order valence-electron chi connectivity index (χ4n) is 2.57. The van der Waals surface area contributed by atoms with Crippen molar-refractivity contribution in [2.24, 2.45) is 0 Å². The number of non-ortho nitro benzene ring substituents is 1. The number of carbonyl (C=O) groups is 2. The number of nitrogens with one attached hydrogen (secondary N) is 1. The lowest BCUT2D eigenvalue weighted by Crippen LogP contribution is -2.30. The molecule has 2 aromatic carbocycles. The average molecular weight is 370 g/mol. The van der Waals surface area contributed by atoms with Gasteiger partial charge in [0.25, 0.3) is 11.6 Å². The molecule has 7 nitrogen and oxygen atoms in total. The number of carbonyl (C=O) groups excluding carboxylic acids is 2. The quantitative estimate of drug-likeness (QED) is 0.466. The molecule has 1 atom stereocenters. The summed E-state index contributed by atoms with van der Waals surface area (Å²) in [6.07, 6.45) is -1.02. The van der Waals surface area contributed by atoms with Crippen LogP contribution in [0.15, 0.2) is 42.5 Å². The van der Waals surface area contributed by atoms with Gasteiger partial charge >= 0.3 is 5.97 Å². The van der Waals surface area contributed by atoms with E-state index >= 15 is 0 Å². The molecule has 1 amide bonds. The van der Waals surface area contributed by atoms with Gasteiger partial charge in [0.2, 0.25) is 0 Å². The molecular formula is C20H22N2O5. The number of ether oxygens (including phenoxy) is 1. The molecule has 0 fully saturated rings. The van der Waals surface area contributed by atoms with Gasteiger partial charge in [-0.15, -0.1) is 0 Å². The number of nitro groups is 1. The van der Waals surface area contributed by atoms with Gasteiger partial charge in [0.1, 0.15) is 0 Å². The highest BCUT2D eigenvalue weighted by molar-refractivity contribution is 5.98. The Hall–Kier alpha value is -3.22. The molecule has 2 aromatic rings. The van der Waals surface area contributed by atoms with Crippen molar-refractivity contribution in [3.63, 3.8) is 0 Å². The predicted molar refractivity (Wildman–Crippen MR) is 102 cm³/mol. The number of esters is 1. The van der Waals surface area contributed by atoms with Crippen molar-refractivity contribution in [1.29, 1.82) is 0 Å². The third-order valence-electron chi connectivity index (χ3n) is 4.14. The van der Waals surface area contributed by atoms with E-state index in [0.29, 0.717) is 0 Å². The SMILES string of the molecule is Cc1cccc(C(C)C)c1NC(=O)[C@H](C)OC(=O)c1ccc([N+](=O)[O-])cc1. The number of rotatable bonds is 6. The highest BCUT2D eigenvalue weighted by atomic mass is 16.6. The summed E-state index contributed by atoms with van der Waals surface area (Å²) in [6.45, 7) is 7.44. The van der Waals surface area contributed by atoms with E-state index in [4.69, 9.17) is 4.74 Å². The Morgan fingerprint density at radius 2 is 1.70 bits per heavy atom. The number of anilines is 1. The minimum Gasteiger partial charge on any atom is -0.449 e. The Balaban J connectivity index is 2.08. The van der Waals surface area contributed by atoms with Crippen LogP contribution >= 0.6 is 0 Å². The molecule has 0 saturated carbocycles. The minimum absolute atomic E-state index is 0.127. The number of benzene rings is 2. The molecule has 0 aromatic heterocycles. The Bertz CT molecular complexity index is 859. The van der Waals surface area contributed by atoms with Crippen molar-refractivity contribution < 1.29 is 19.2 Å². The lowest BCUT2D eigenvalue weighted by molar-refractivity contribution is -0.384. The van der Waals surface area contributed by atoms with Crippen LogP contribution in [0.3, 0.4) is 0 Å². The summed E-state index contributed by atoms with van der Waals surface area (Å²) < 4.78 is 5.19. The number of aryl methyl sites for hydroxylation is 1. The third-order valence-corrected chi connectivity index (χ3v) is 4.14. The van der Waals surface area contributed by atoms with Crippen LogP contribution in [0.5, 0.6) is 0 Å². The number of hydrogen-bond donors (Lipinski definition) is 1. The molecular weight excluding hydrogens is 348 g/mol. The second kappa shape index (κ2) is 8.44. The number of para-hydroxylation sites is 1. The molecule has 0 heterocycles. The van der Waals surface area contributed by atoms with Crippen molar-refractivity contribution >= 4 is 23.3 Å². The largest absolute Gasteiger partial charge is 0.449 e. The predicted octanol–water partition coefficient (Wildman–Crippen LogP) is 4.21. The molecule has 0 saturated heterocycles. The zero-order chi connectivity index (χ0) is 20.1. The molecule has 0 bridgehead atoms. The van der Waals surface area contributed by atoms with Crippen LogP contribution in [0.2, 0.25) is 0 Å². The average Bonchev–Trinajstić information content (AvgIpc) is 2.62. The van der Waals surface area contributed by atoms with Gasteiger partial charge in [-0.1, -0.05) is 32.0 Å². The number of hydrogen-bond acceptors (Lipinski definition) is 5. The Kier molecular flexibility index (Phi) is 6.28. The van der Waals surface area contributed by atoms with Crippen molar-refractivity contribution in [3.05, 3.63) is 69.3 Å². The molecule has 142 valence electrons. The second-order valence-electron chi connectivity index (χ2n) is 6.53. The van der Waals surface area contributed by atoms with Crippen molar-refractivity contribution in [2.45, 2.75) is 39.7 Å². The number of amides is 1. The van der Waals surface area contributed by atoms with Crippen LogP contribution in [0.1, 0.15) is 48.2 Å². The van der Waals surface area contributed by atoms with E-state index in [1.165, 1.54) is 31.2 Å². The fourth-order valence-corrected chi connectivity index (χ4v) is 2.57. The summed E-state index contributed by atoms with van der Waals surface area (Å²) in [7, 11) is 0. The summed E-state index contributed by atoms with van der Waals surface area (Å²) >= 11 is 0. The summed E-state index contributed by atoms with van der Waals surface area (Å²) in [5, 5.41) is 13.5. The first-order chi connectivity index (χ1) is 12.7. The molecule has 2 rings (SSSR count). The van der Waals surface area contributed by atoms with Gasteiger partial charge in [-0.25, -0.2) is 4.79 Å². The number of nitrogens with zero attached hydrogens (tertiary/aromatic N) is 1. The summed E-state index contributed by atoms with van der Waals surface area (Å²) in [5.41, 5.74) is 2.65. The molecule has 0 aliphatic carbocycles. The molecule has 27 heavy (non-hydrogen) atoms. The molecule has 0 aliphatic heterocycles. The molecule has 1 N–H and O–H groups in total. The molecule has 0 unspecified atom stereocenters. The molecule has 0 spiro atoms. The van der Waals surface area contributed by atoms with E-state index in [1.807, 2.05) is 39.0 Å². The zero-order valence-corrected chi connectivity index (χ0v) is 15.7. The maximum absolute atomic E-state index is 12.5. The first-order valence-electron chi connectivity index (χ1n) is 8.56. The Morgan fingerprint density at radius 1 is 1.07 bits per heavy atom. The molecule has 0 aliphatic rings. The smallest absolute Gasteiger partial charge is 0.338 e. The van der Waals surface area contributed by atoms with Crippen LogP contribution in [0, 0.1) is 17.0 Å². The van der Waals surface area contributed by atoms with Gasteiger partial charge in [0.05, 0.1) is 10.5 Å². The first kappa shape index (κ1) is 20.1. The minimum atomic E-state index is -1.02. The zero-order valence-electron chi connectivity index (χ0n) is 15.7. The topological polar surface area (TPSA) is 98.5 Å². The van der Waals surface area contributed by atoms with E-state index < -0.39 is 22.9 Å². The highest BCUT2D eigenvalue weighted by Crippen LogP contribution is 2.27. The molecule has 0 radical (unpaired) electrons. The van der Waals surface area contributed by atoms with E-state index in [0.717, 1.165) is 16.8 Å². The summed E-state index contributed by atoms with van der Waals surface area (Å²) in [5.74, 6) is -0.943. The van der Waals surface area contributed by atoms with Gasteiger partial charge in [-0.05, 0) is 43.0 Å². The maximum atomic E-state index is 12.5. The third kappa shape index (κ3) is 4.91. The van der Waals surface area contributed by atoms with E-state index in [9.17, 15) is 19.7 Å². The normalized spacial score (nSPS) is 11.7. The summed E-state index contributed by atoms with van der Waals surface area (Å²) in [4.78, 5) is 34.7. The summed E-state index contributed by atoms with van der Waals surface area (Å²) in [6, 6.07) is 10.8. The Morgan fingerprint density at radius 3 is 2.26 bits per heavy atom.